The Labute approximate surface area is 75.9 Å². The molecule has 2 atom stereocenters. The first kappa shape index (κ1) is 10.0. The highest BCUT2D eigenvalue weighted by Gasteiger charge is 2.30. The van der Waals surface area contributed by atoms with E-state index in [1.165, 1.54) is 13.0 Å². The lowest BCUT2D eigenvalue weighted by atomic mass is 10.0. The van der Waals surface area contributed by atoms with E-state index in [-0.39, 0.29) is 0 Å². The first-order valence-electron chi connectivity index (χ1n) is 4.97. The van der Waals surface area contributed by atoms with Crippen molar-refractivity contribution in [3.63, 3.8) is 0 Å². The summed E-state index contributed by atoms with van der Waals surface area (Å²) in [6, 6.07) is 0. The van der Waals surface area contributed by atoms with Crippen molar-refractivity contribution >= 4 is 0 Å². The third-order valence-electron chi connectivity index (χ3n) is 2.53. The van der Waals surface area contributed by atoms with Gasteiger partial charge in [0.25, 0.3) is 0 Å². The standard InChI is InChI=1S/C10H21NO/c1-5-9-6-11(4)7-10(9)12-8(2)3/h8-10H,5-7H2,1-4H3/t9-,10-/m1/s1. The van der Waals surface area contributed by atoms with E-state index in [9.17, 15) is 0 Å². The summed E-state index contributed by atoms with van der Waals surface area (Å²) in [5.74, 6) is 0.748. The van der Waals surface area contributed by atoms with Crippen LogP contribution in [0, 0.1) is 5.92 Å². The van der Waals surface area contributed by atoms with Crippen molar-refractivity contribution in [2.75, 3.05) is 20.1 Å². The Bertz CT molecular complexity index is 136. The van der Waals surface area contributed by atoms with Gasteiger partial charge >= 0.3 is 0 Å². The van der Waals surface area contributed by atoms with Gasteiger partial charge in [-0.05, 0) is 33.2 Å². The number of ether oxygens (including phenoxy) is 1. The third kappa shape index (κ3) is 2.46. The van der Waals surface area contributed by atoms with E-state index in [0.717, 1.165) is 12.5 Å². The zero-order chi connectivity index (χ0) is 9.14. The minimum atomic E-state index is 0.371. The molecule has 1 aliphatic heterocycles. The average molecular weight is 171 g/mol. The Morgan fingerprint density at radius 3 is 2.58 bits per heavy atom. The molecule has 0 saturated carbocycles. The van der Waals surface area contributed by atoms with Gasteiger partial charge in [-0.15, -0.1) is 0 Å². The van der Waals surface area contributed by atoms with Crippen LogP contribution in [-0.4, -0.2) is 37.2 Å². The lowest BCUT2D eigenvalue weighted by Gasteiger charge is -2.20. The molecular formula is C10H21NO. The van der Waals surface area contributed by atoms with Gasteiger partial charge in [-0.25, -0.2) is 0 Å². The highest BCUT2D eigenvalue weighted by Crippen LogP contribution is 2.22. The molecule has 0 aliphatic carbocycles. The molecule has 0 amide bonds. The van der Waals surface area contributed by atoms with Crippen molar-refractivity contribution in [2.45, 2.75) is 39.4 Å². The van der Waals surface area contributed by atoms with Crippen LogP contribution in [0.4, 0.5) is 0 Å². The molecule has 0 aromatic heterocycles. The minimum Gasteiger partial charge on any atom is -0.374 e. The summed E-state index contributed by atoms with van der Waals surface area (Å²) in [7, 11) is 2.17. The van der Waals surface area contributed by atoms with Crippen LogP contribution in [0.2, 0.25) is 0 Å². The summed E-state index contributed by atoms with van der Waals surface area (Å²) in [6.45, 7) is 8.79. The Morgan fingerprint density at radius 1 is 1.42 bits per heavy atom. The number of rotatable bonds is 3. The third-order valence-corrected chi connectivity index (χ3v) is 2.53. The zero-order valence-corrected chi connectivity index (χ0v) is 8.71. The van der Waals surface area contributed by atoms with Crippen LogP contribution in [0.5, 0.6) is 0 Å². The van der Waals surface area contributed by atoms with E-state index in [2.05, 4.69) is 32.7 Å². The first-order chi connectivity index (χ1) is 5.63. The van der Waals surface area contributed by atoms with Crippen LogP contribution >= 0.6 is 0 Å². The van der Waals surface area contributed by atoms with E-state index in [4.69, 9.17) is 4.74 Å². The molecular weight excluding hydrogens is 150 g/mol. The second-order valence-corrected chi connectivity index (χ2v) is 4.11. The average Bonchev–Trinajstić information content (AvgIpc) is 2.29. The summed E-state index contributed by atoms with van der Waals surface area (Å²) in [5, 5.41) is 0. The van der Waals surface area contributed by atoms with Gasteiger partial charge in [-0.3, -0.25) is 0 Å². The fourth-order valence-electron chi connectivity index (χ4n) is 1.94. The number of nitrogens with zero attached hydrogens (tertiary/aromatic N) is 1. The molecule has 1 heterocycles. The van der Waals surface area contributed by atoms with Gasteiger partial charge in [-0.2, -0.15) is 0 Å². The van der Waals surface area contributed by atoms with Gasteiger partial charge in [0.05, 0.1) is 12.2 Å². The SMILES string of the molecule is CC[C@@H]1CN(C)C[C@H]1OC(C)C. The Balaban J connectivity index is 2.40. The maximum absolute atomic E-state index is 5.84. The Hall–Kier alpha value is -0.0800. The van der Waals surface area contributed by atoms with Crippen molar-refractivity contribution in [1.82, 2.24) is 4.90 Å². The predicted octanol–water partition coefficient (Wildman–Crippen LogP) is 1.75. The highest BCUT2D eigenvalue weighted by atomic mass is 16.5. The fourth-order valence-corrected chi connectivity index (χ4v) is 1.94. The smallest absolute Gasteiger partial charge is 0.0745 e. The maximum atomic E-state index is 5.84. The van der Waals surface area contributed by atoms with Crippen LogP contribution in [-0.2, 0) is 4.74 Å². The molecule has 0 aromatic rings. The molecule has 1 fully saturated rings. The van der Waals surface area contributed by atoms with Crippen LogP contribution < -0.4 is 0 Å². The summed E-state index contributed by atoms with van der Waals surface area (Å²) in [4.78, 5) is 2.36. The van der Waals surface area contributed by atoms with E-state index in [1.807, 2.05) is 0 Å². The normalized spacial score (nSPS) is 31.8. The first-order valence-corrected chi connectivity index (χ1v) is 4.97. The molecule has 0 bridgehead atoms. The summed E-state index contributed by atoms with van der Waals surface area (Å²) in [5.41, 5.74) is 0. The predicted molar refractivity (Wildman–Crippen MR) is 51.3 cm³/mol. The van der Waals surface area contributed by atoms with Crippen molar-refractivity contribution < 1.29 is 4.74 Å². The molecule has 12 heavy (non-hydrogen) atoms. The van der Waals surface area contributed by atoms with Crippen molar-refractivity contribution in [2.24, 2.45) is 5.92 Å². The van der Waals surface area contributed by atoms with Gasteiger partial charge in [0.1, 0.15) is 0 Å². The van der Waals surface area contributed by atoms with Crippen molar-refractivity contribution in [1.29, 1.82) is 0 Å². The van der Waals surface area contributed by atoms with Gasteiger partial charge in [0.2, 0.25) is 0 Å². The largest absolute Gasteiger partial charge is 0.374 e. The second kappa shape index (κ2) is 4.24. The highest BCUT2D eigenvalue weighted by molar-refractivity contribution is 4.82. The van der Waals surface area contributed by atoms with Crippen LogP contribution in [0.3, 0.4) is 0 Å². The number of hydrogen-bond donors (Lipinski definition) is 0. The zero-order valence-electron chi connectivity index (χ0n) is 8.71. The van der Waals surface area contributed by atoms with Crippen LogP contribution in [0.15, 0.2) is 0 Å². The van der Waals surface area contributed by atoms with E-state index < -0.39 is 0 Å². The van der Waals surface area contributed by atoms with Crippen LogP contribution in [0.1, 0.15) is 27.2 Å². The number of likely N-dealkylation sites (tertiary alicyclic amines) is 1. The summed E-state index contributed by atoms with van der Waals surface area (Å²) < 4.78 is 5.84. The summed E-state index contributed by atoms with van der Waals surface area (Å²) >= 11 is 0. The van der Waals surface area contributed by atoms with Gasteiger partial charge in [-0.1, -0.05) is 6.92 Å². The Kier molecular flexibility index (Phi) is 3.53. The molecule has 0 N–H and O–H groups in total. The van der Waals surface area contributed by atoms with Crippen molar-refractivity contribution in [3.8, 4) is 0 Å². The maximum Gasteiger partial charge on any atom is 0.0745 e. The van der Waals surface area contributed by atoms with Gasteiger partial charge < -0.3 is 9.64 Å². The molecule has 0 radical (unpaired) electrons. The lowest BCUT2D eigenvalue weighted by Crippen LogP contribution is -2.25. The molecule has 0 spiro atoms. The fraction of sp³-hybridized carbons (Fsp3) is 1.00. The quantitative estimate of drug-likeness (QED) is 0.641. The van der Waals surface area contributed by atoms with Gasteiger partial charge in [0, 0.05) is 13.1 Å². The van der Waals surface area contributed by atoms with E-state index >= 15 is 0 Å². The number of hydrogen-bond acceptors (Lipinski definition) is 2. The molecule has 72 valence electrons. The topological polar surface area (TPSA) is 12.5 Å². The van der Waals surface area contributed by atoms with E-state index in [0.29, 0.717) is 12.2 Å². The van der Waals surface area contributed by atoms with Crippen LogP contribution in [0.25, 0.3) is 0 Å². The monoisotopic (exact) mass is 171 g/mol. The Morgan fingerprint density at radius 2 is 2.08 bits per heavy atom. The molecule has 1 rings (SSSR count). The summed E-state index contributed by atoms with van der Waals surface area (Å²) in [6.07, 6.45) is 2.08. The molecule has 0 unspecified atom stereocenters. The molecule has 1 aliphatic rings. The van der Waals surface area contributed by atoms with Crippen molar-refractivity contribution in [3.05, 3.63) is 0 Å². The molecule has 0 aromatic carbocycles. The van der Waals surface area contributed by atoms with E-state index in [1.54, 1.807) is 0 Å². The second-order valence-electron chi connectivity index (χ2n) is 4.11. The molecule has 2 nitrogen and oxygen atoms in total. The minimum absolute atomic E-state index is 0.371. The molecule has 1 saturated heterocycles. The van der Waals surface area contributed by atoms with Gasteiger partial charge in [0.15, 0.2) is 0 Å². The molecule has 2 heteroatoms. The lowest BCUT2D eigenvalue weighted by molar-refractivity contribution is -0.00747. The number of likely N-dealkylation sites (N-methyl/N-ethyl adjacent to an activating group) is 1.